The van der Waals surface area contributed by atoms with Crippen LogP contribution >= 0.6 is 0 Å². The summed E-state index contributed by atoms with van der Waals surface area (Å²) in [5.74, 6) is -0.0816. The van der Waals surface area contributed by atoms with Crippen molar-refractivity contribution in [3.05, 3.63) is 29.6 Å². The van der Waals surface area contributed by atoms with Crippen LogP contribution in [0.4, 0.5) is 10.1 Å². The van der Waals surface area contributed by atoms with Crippen molar-refractivity contribution in [2.24, 2.45) is 0 Å². The first-order valence-corrected chi connectivity index (χ1v) is 7.37. The molecule has 0 bridgehead atoms. The fourth-order valence-electron chi connectivity index (χ4n) is 3.57. The summed E-state index contributed by atoms with van der Waals surface area (Å²) < 4.78 is 14.2. The maximum Gasteiger partial charge on any atom is 0.146 e. The van der Waals surface area contributed by atoms with Crippen LogP contribution in [0.25, 0.3) is 0 Å². The molecular weight excluding hydrogens is 239 g/mol. The third kappa shape index (κ3) is 2.36. The molecule has 2 nitrogen and oxygen atoms in total. The van der Waals surface area contributed by atoms with Gasteiger partial charge in [-0.1, -0.05) is 18.9 Å². The third-order valence-corrected chi connectivity index (χ3v) is 4.75. The fraction of sp³-hybridized carbons (Fsp3) is 0.625. The van der Waals surface area contributed by atoms with E-state index in [4.69, 9.17) is 0 Å². The molecule has 1 spiro atoms. The number of aryl methyl sites for hydroxylation is 1. The van der Waals surface area contributed by atoms with E-state index in [0.717, 1.165) is 24.3 Å². The first-order chi connectivity index (χ1) is 9.10. The number of piperazine rings is 1. The van der Waals surface area contributed by atoms with Crippen LogP contribution in [-0.4, -0.2) is 24.7 Å². The Bertz CT molecular complexity index is 466. The van der Waals surface area contributed by atoms with Crippen LogP contribution in [0.3, 0.4) is 0 Å². The highest BCUT2D eigenvalue weighted by Gasteiger charge is 2.40. The Labute approximate surface area is 115 Å². The molecule has 1 aliphatic heterocycles. The highest BCUT2D eigenvalue weighted by atomic mass is 19.1. The minimum absolute atomic E-state index is 0.0816. The molecule has 1 saturated heterocycles. The molecule has 2 aliphatic rings. The molecule has 1 aromatic rings. The molecule has 1 saturated carbocycles. The molecular formula is C16H23FN2. The van der Waals surface area contributed by atoms with Crippen LogP contribution in [0.2, 0.25) is 0 Å². The molecule has 1 N–H and O–H groups in total. The summed E-state index contributed by atoms with van der Waals surface area (Å²) in [6, 6.07) is 5.94. The molecule has 3 rings (SSSR count). The molecule has 0 amide bonds. The van der Waals surface area contributed by atoms with Gasteiger partial charge in [0, 0.05) is 24.7 Å². The number of hydrogen-bond acceptors (Lipinski definition) is 2. The van der Waals surface area contributed by atoms with Gasteiger partial charge in [-0.25, -0.2) is 4.39 Å². The standard InChI is InChI=1S/C16H23FN2/c1-12-5-6-15(14(17)9-12)19-11-16(7-3-4-8-16)18-10-13(19)2/h5-6,9,13,18H,3-4,7-8,10-11H2,1-2H3. The second kappa shape index (κ2) is 4.78. The number of halogens is 1. The van der Waals surface area contributed by atoms with E-state index in [-0.39, 0.29) is 11.4 Å². The van der Waals surface area contributed by atoms with E-state index in [1.165, 1.54) is 25.7 Å². The lowest BCUT2D eigenvalue weighted by atomic mass is 9.92. The zero-order valence-electron chi connectivity index (χ0n) is 11.9. The lowest BCUT2D eigenvalue weighted by Gasteiger charge is -2.46. The van der Waals surface area contributed by atoms with Crippen molar-refractivity contribution in [1.82, 2.24) is 5.32 Å². The maximum atomic E-state index is 14.2. The minimum atomic E-state index is -0.0816. The normalized spacial score (nSPS) is 26.1. The predicted molar refractivity (Wildman–Crippen MR) is 77.1 cm³/mol. The van der Waals surface area contributed by atoms with E-state index in [1.54, 1.807) is 6.07 Å². The lowest BCUT2D eigenvalue weighted by molar-refractivity contribution is 0.275. The fourth-order valence-corrected chi connectivity index (χ4v) is 3.57. The summed E-state index contributed by atoms with van der Waals surface area (Å²) in [6.07, 6.45) is 5.05. The van der Waals surface area contributed by atoms with Gasteiger partial charge in [-0.3, -0.25) is 0 Å². The second-order valence-electron chi connectivity index (χ2n) is 6.30. The van der Waals surface area contributed by atoms with Crippen LogP contribution in [0.15, 0.2) is 18.2 Å². The molecule has 0 aromatic heterocycles. The number of nitrogens with one attached hydrogen (secondary N) is 1. The van der Waals surface area contributed by atoms with Gasteiger partial charge in [0.2, 0.25) is 0 Å². The first-order valence-electron chi connectivity index (χ1n) is 7.37. The summed E-state index contributed by atoms with van der Waals surface area (Å²) in [5, 5.41) is 3.71. The Hall–Kier alpha value is -1.09. The zero-order chi connectivity index (χ0) is 13.5. The Morgan fingerprint density at radius 1 is 1.32 bits per heavy atom. The van der Waals surface area contributed by atoms with Crippen molar-refractivity contribution >= 4 is 5.69 Å². The van der Waals surface area contributed by atoms with Gasteiger partial charge in [-0.05, 0) is 44.4 Å². The maximum absolute atomic E-state index is 14.2. The summed E-state index contributed by atoms with van der Waals surface area (Å²) >= 11 is 0. The topological polar surface area (TPSA) is 15.3 Å². The van der Waals surface area contributed by atoms with E-state index in [0.29, 0.717) is 6.04 Å². The largest absolute Gasteiger partial charge is 0.363 e. The van der Waals surface area contributed by atoms with Crippen LogP contribution < -0.4 is 10.2 Å². The molecule has 1 aliphatic carbocycles. The van der Waals surface area contributed by atoms with Gasteiger partial charge >= 0.3 is 0 Å². The van der Waals surface area contributed by atoms with Crippen molar-refractivity contribution in [3.63, 3.8) is 0 Å². The average molecular weight is 262 g/mol. The molecule has 1 aromatic carbocycles. The Balaban J connectivity index is 1.89. The van der Waals surface area contributed by atoms with Crippen molar-refractivity contribution in [2.75, 3.05) is 18.0 Å². The van der Waals surface area contributed by atoms with E-state index in [9.17, 15) is 4.39 Å². The summed E-state index contributed by atoms with van der Waals surface area (Å²) in [5.41, 5.74) is 1.98. The van der Waals surface area contributed by atoms with Crippen LogP contribution in [0.5, 0.6) is 0 Å². The van der Waals surface area contributed by atoms with Crippen LogP contribution in [0.1, 0.15) is 38.2 Å². The van der Waals surface area contributed by atoms with Crippen molar-refractivity contribution in [3.8, 4) is 0 Å². The molecule has 1 unspecified atom stereocenters. The number of anilines is 1. The van der Waals surface area contributed by atoms with E-state index in [1.807, 2.05) is 19.1 Å². The summed E-state index contributed by atoms with van der Waals surface area (Å²) in [7, 11) is 0. The van der Waals surface area contributed by atoms with Gasteiger partial charge in [0.15, 0.2) is 0 Å². The Kier molecular flexibility index (Phi) is 3.25. The third-order valence-electron chi connectivity index (χ3n) is 4.75. The second-order valence-corrected chi connectivity index (χ2v) is 6.30. The smallest absolute Gasteiger partial charge is 0.146 e. The summed E-state index contributed by atoms with van der Waals surface area (Å²) in [6.45, 7) is 6.00. The SMILES string of the molecule is Cc1ccc(N2CC3(CCCC3)NCC2C)c(F)c1. The molecule has 0 radical (unpaired) electrons. The quantitative estimate of drug-likeness (QED) is 0.836. The van der Waals surface area contributed by atoms with Gasteiger partial charge in [0.25, 0.3) is 0 Å². The van der Waals surface area contributed by atoms with Gasteiger partial charge in [-0.2, -0.15) is 0 Å². The Morgan fingerprint density at radius 3 is 2.74 bits per heavy atom. The highest BCUT2D eigenvalue weighted by Crippen LogP contribution is 2.35. The lowest BCUT2D eigenvalue weighted by Crippen LogP contribution is -2.62. The van der Waals surface area contributed by atoms with E-state index in [2.05, 4.69) is 17.1 Å². The predicted octanol–water partition coefficient (Wildman–Crippen LogP) is 3.25. The average Bonchev–Trinajstić information content (AvgIpc) is 2.82. The van der Waals surface area contributed by atoms with Crippen molar-refractivity contribution < 1.29 is 4.39 Å². The number of rotatable bonds is 1. The molecule has 19 heavy (non-hydrogen) atoms. The number of benzene rings is 1. The first kappa shape index (κ1) is 12.9. The van der Waals surface area contributed by atoms with Gasteiger partial charge < -0.3 is 10.2 Å². The van der Waals surface area contributed by atoms with E-state index < -0.39 is 0 Å². The molecule has 3 heteroatoms. The molecule has 1 heterocycles. The monoisotopic (exact) mass is 262 g/mol. The molecule has 1 atom stereocenters. The number of hydrogen-bond donors (Lipinski definition) is 1. The molecule has 2 fully saturated rings. The summed E-state index contributed by atoms with van der Waals surface area (Å²) in [4.78, 5) is 2.26. The Morgan fingerprint density at radius 2 is 2.05 bits per heavy atom. The minimum Gasteiger partial charge on any atom is -0.363 e. The van der Waals surface area contributed by atoms with Gasteiger partial charge in [0.05, 0.1) is 5.69 Å². The van der Waals surface area contributed by atoms with E-state index >= 15 is 0 Å². The van der Waals surface area contributed by atoms with Crippen molar-refractivity contribution in [1.29, 1.82) is 0 Å². The van der Waals surface area contributed by atoms with Gasteiger partial charge in [0.1, 0.15) is 5.82 Å². The van der Waals surface area contributed by atoms with Crippen molar-refractivity contribution in [2.45, 2.75) is 51.1 Å². The zero-order valence-corrected chi connectivity index (χ0v) is 11.9. The van der Waals surface area contributed by atoms with Crippen LogP contribution in [-0.2, 0) is 0 Å². The van der Waals surface area contributed by atoms with Gasteiger partial charge in [-0.15, -0.1) is 0 Å². The van der Waals surface area contributed by atoms with Crippen LogP contribution in [0, 0.1) is 12.7 Å². The highest BCUT2D eigenvalue weighted by molar-refractivity contribution is 5.51. The number of nitrogens with zero attached hydrogens (tertiary/aromatic N) is 1. The molecule has 104 valence electrons.